The van der Waals surface area contributed by atoms with Crippen molar-refractivity contribution in [2.75, 3.05) is 26.4 Å². The Balaban J connectivity index is 1.52. The minimum absolute atomic E-state index is 0.102. The molecule has 1 fully saturated rings. The molecule has 0 radical (unpaired) electrons. The molecule has 2 amide bonds. The van der Waals surface area contributed by atoms with E-state index in [9.17, 15) is 14.4 Å². The second-order valence-corrected chi connectivity index (χ2v) is 6.97. The number of hydrogen-bond acceptors (Lipinski definition) is 5. The van der Waals surface area contributed by atoms with Gasteiger partial charge in [0, 0.05) is 44.9 Å². The van der Waals surface area contributed by atoms with E-state index in [0.717, 1.165) is 13.0 Å². The van der Waals surface area contributed by atoms with Crippen LogP contribution in [0.4, 0.5) is 0 Å². The minimum Gasteiger partial charge on any atom is -0.454 e. The summed E-state index contributed by atoms with van der Waals surface area (Å²) in [6.07, 6.45) is 3.76. The van der Waals surface area contributed by atoms with Crippen LogP contribution in [0.5, 0.6) is 11.5 Å². The van der Waals surface area contributed by atoms with Crippen molar-refractivity contribution in [1.82, 2.24) is 14.8 Å². The van der Waals surface area contributed by atoms with Crippen LogP contribution in [0.1, 0.15) is 36.5 Å². The molecule has 28 heavy (non-hydrogen) atoms. The number of nitrogens with one attached hydrogen (secondary N) is 1. The van der Waals surface area contributed by atoms with E-state index in [0.29, 0.717) is 54.9 Å². The van der Waals surface area contributed by atoms with Gasteiger partial charge in [-0.05, 0) is 25.8 Å². The van der Waals surface area contributed by atoms with Gasteiger partial charge in [-0.3, -0.25) is 14.4 Å². The summed E-state index contributed by atoms with van der Waals surface area (Å²) in [6, 6.07) is 3.42. The van der Waals surface area contributed by atoms with Crippen molar-refractivity contribution in [3.63, 3.8) is 0 Å². The van der Waals surface area contributed by atoms with Gasteiger partial charge < -0.3 is 24.3 Å². The number of pyridine rings is 1. The summed E-state index contributed by atoms with van der Waals surface area (Å²) < 4.78 is 12.6. The molecule has 0 aliphatic carbocycles. The van der Waals surface area contributed by atoms with Gasteiger partial charge in [0.2, 0.25) is 18.1 Å². The number of benzene rings is 1. The number of nitrogens with zero attached hydrogens (tertiary/aromatic N) is 2. The quantitative estimate of drug-likeness (QED) is 0.761. The van der Waals surface area contributed by atoms with Crippen LogP contribution in [0, 0.1) is 0 Å². The first-order valence-corrected chi connectivity index (χ1v) is 9.61. The van der Waals surface area contributed by atoms with Gasteiger partial charge in [-0.25, -0.2) is 0 Å². The molecule has 1 aromatic heterocycles. The van der Waals surface area contributed by atoms with Crippen LogP contribution in [-0.4, -0.2) is 47.7 Å². The Morgan fingerprint density at radius 2 is 2.00 bits per heavy atom. The molecule has 0 spiro atoms. The fraction of sp³-hybridized carbons (Fsp3) is 0.450. The molecule has 148 valence electrons. The predicted molar refractivity (Wildman–Crippen MR) is 103 cm³/mol. The highest BCUT2D eigenvalue weighted by molar-refractivity contribution is 5.97. The zero-order chi connectivity index (χ0) is 19.7. The molecule has 0 unspecified atom stereocenters. The number of amides is 2. The number of carbonyl (C=O) groups excluding carboxylic acids is 2. The van der Waals surface area contributed by atoms with Gasteiger partial charge in [0.25, 0.3) is 5.91 Å². The summed E-state index contributed by atoms with van der Waals surface area (Å²) in [7, 11) is 0. The lowest BCUT2D eigenvalue weighted by Crippen LogP contribution is -2.33. The van der Waals surface area contributed by atoms with Gasteiger partial charge >= 0.3 is 0 Å². The molecule has 2 aromatic rings. The molecule has 2 aliphatic heterocycles. The van der Waals surface area contributed by atoms with Crippen LogP contribution < -0.4 is 20.2 Å². The van der Waals surface area contributed by atoms with Crippen LogP contribution in [0.15, 0.2) is 23.1 Å². The lowest BCUT2D eigenvalue weighted by atomic mass is 10.1. The Morgan fingerprint density at radius 1 is 1.21 bits per heavy atom. The summed E-state index contributed by atoms with van der Waals surface area (Å²) in [5.74, 6) is 0.882. The maximum absolute atomic E-state index is 12.9. The lowest BCUT2D eigenvalue weighted by molar-refractivity contribution is -0.127. The standard InChI is InChI=1S/C20H23N3O5/c1-2-22-11-14(20(26)21-6-4-8-23-7-3-5-18(23)24)19(25)13-9-16-17(10-15(13)22)28-12-27-16/h9-11H,2-8,12H2,1H3,(H,21,26). The highest BCUT2D eigenvalue weighted by Crippen LogP contribution is 2.35. The second kappa shape index (κ2) is 7.53. The Bertz CT molecular complexity index is 997. The number of aryl methyl sites for hydroxylation is 1. The highest BCUT2D eigenvalue weighted by atomic mass is 16.7. The third kappa shape index (κ3) is 3.30. The van der Waals surface area contributed by atoms with Gasteiger partial charge in [0.05, 0.1) is 10.9 Å². The van der Waals surface area contributed by atoms with E-state index >= 15 is 0 Å². The van der Waals surface area contributed by atoms with Crippen LogP contribution in [-0.2, 0) is 11.3 Å². The normalized spacial score (nSPS) is 15.5. The zero-order valence-electron chi connectivity index (χ0n) is 15.8. The van der Waals surface area contributed by atoms with Crippen LogP contribution in [0.25, 0.3) is 10.9 Å². The summed E-state index contributed by atoms with van der Waals surface area (Å²) in [5, 5.41) is 3.23. The van der Waals surface area contributed by atoms with Crippen LogP contribution >= 0.6 is 0 Å². The predicted octanol–water partition coefficient (Wildman–Crippen LogP) is 1.49. The van der Waals surface area contributed by atoms with E-state index in [4.69, 9.17) is 9.47 Å². The molecule has 1 N–H and O–H groups in total. The summed E-state index contributed by atoms with van der Waals surface area (Å²) in [5.41, 5.74) is 0.483. The highest BCUT2D eigenvalue weighted by Gasteiger charge is 2.21. The van der Waals surface area contributed by atoms with Crippen molar-refractivity contribution < 1.29 is 19.1 Å². The molecule has 0 bridgehead atoms. The summed E-state index contributed by atoms with van der Waals surface area (Å²) in [6.45, 7) is 4.50. The molecule has 0 atom stereocenters. The largest absolute Gasteiger partial charge is 0.454 e. The first-order chi connectivity index (χ1) is 13.6. The molecule has 3 heterocycles. The maximum Gasteiger partial charge on any atom is 0.256 e. The van der Waals surface area contributed by atoms with Gasteiger partial charge in [-0.2, -0.15) is 0 Å². The van der Waals surface area contributed by atoms with E-state index in [1.54, 1.807) is 18.3 Å². The zero-order valence-corrected chi connectivity index (χ0v) is 15.8. The van der Waals surface area contributed by atoms with E-state index < -0.39 is 5.91 Å². The molecule has 1 aromatic carbocycles. The molecule has 8 nitrogen and oxygen atoms in total. The molecule has 8 heteroatoms. The van der Waals surface area contributed by atoms with Gasteiger partial charge in [-0.1, -0.05) is 0 Å². The average molecular weight is 385 g/mol. The van der Waals surface area contributed by atoms with E-state index in [1.807, 2.05) is 16.4 Å². The fourth-order valence-corrected chi connectivity index (χ4v) is 3.71. The Hall–Kier alpha value is -3.03. The number of fused-ring (bicyclic) bond motifs is 2. The van der Waals surface area contributed by atoms with Gasteiger partial charge in [-0.15, -0.1) is 0 Å². The van der Waals surface area contributed by atoms with Gasteiger partial charge in [0.15, 0.2) is 11.5 Å². The van der Waals surface area contributed by atoms with Crippen molar-refractivity contribution in [2.45, 2.75) is 32.7 Å². The van der Waals surface area contributed by atoms with Crippen LogP contribution in [0.2, 0.25) is 0 Å². The smallest absolute Gasteiger partial charge is 0.256 e. The third-order valence-electron chi connectivity index (χ3n) is 5.22. The summed E-state index contributed by atoms with van der Waals surface area (Å²) in [4.78, 5) is 38.9. The molecule has 0 saturated carbocycles. The van der Waals surface area contributed by atoms with E-state index in [1.165, 1.54) is 0 Å². The lowest BCUT2D eigenvalue weighted by Gasteiger charge is -2.15. The summed E-state index contributed by atoms with van der Waals surface area (Å²) >= 11 is 0. The van der Waals surface area contributed by atoms with E-state index in [2.05, 4.69) is 5.32 Å². The third-order valence-corrected chi connectivity index (χ3v) is 5.22. The molecule has 1 saturated heterocycles. The van der Waals surface area contributed by atoms with Crippen molar-refractivity contribution in [3.05, 3.63) is 34.1 Å². The Labute approximate surface area is 162 Å². The maximum atomic E-state index is 12.9. The average Bonchev–Trinajstić information content (AvgIpc) is 3.32. The Morgan fingerprint density at radius 3 is 2.71 bits per heavy atom. The number of hydrogen-bond donors (Lipinski definition) is 1. The molecule has 2 aliphatic rings. The van der Waals surface area contributed by atoms with E-state index in [-0.39, 0.29) is 23.7 Å². The number of aromatic nitrogens is 1. The van der Waals surface area contributed by atoms with Gasteiger partial charge in [0.1, 0.15) is 5.56 Å². The van der Waals surface area contributed by atoms with Crippen molar-refractivity contribution in [1.29, 1.82) is 0 Å². The number of likely N-dealkylation sites (tertiary alicyclic amines) is 1. The van der Waals surface area contributed by atoms with Crippen LogP contribution in [0.3, 0.4) is 0 Å². The van der Waals surface area contributed by atoms with Crippen molar-refractivity contribution >= 4 is 22.7 Å². The molecule has 4 rings (SSSR count). The molecular formula is C20H23N3O5. The Kier molecular flexibility index (Phi) is 4.93. The number of rotatable bonds is 6. The first-order valence-electron chi connectivity index (χ1n) is 9.61. The SMILES string of the molecule is CCn1cc(C(=O)NCCCN2CCCC2=O)c(=O)c2cc3c(cc21)OCO3. The molecular weight excluding hydrogens is 362 g/mol. The minimum atomic E-state index is -0.403. The topological polar surface area (TPSA) is 89.9 Å². The monoisotopic (exact) mass is 385 g/mol. The number of ether oxygens (including phenoxy) is 2. The fourth-order valence-electron chi connectivity index (χ4n) is 3.71. The van der Waals surface area contributed by atoms with Crippen molar-refractivity contribution in [3.8, 4) is 11.5 Å². The second-order valence-electron chi connectivity index (χ2n) is 6.97. The van der Waals surface area contributed by atoms with Crippen molar-refractivity contribution in [2.24, 2.45) is 0 Å². The first kappa shape index (κ1) is 18.3. The number of carbonyl (C=O) groups is 2.